The van der Waals surface area contributed by atoms with Crippen LogP contribution in [0.4, 0.5) is 0 Å². The molecule has 0 heterocycles. The molecular formula is C17H18O5. The Morgan fingerprint density at radius 2 is 1.55 bits per heavy atom. The van der Waals surface area contributed by atoms with Crippen molar-refractivity contribution >= 4 is 5.78 Å². The number of carbonyl (C=O) groups excluding carboxylic acids is 1. The Morgan fingerprint density at radius 1 is 0.909 bits per heavy atom. The molecule has 0 saturated heterocycles. The van der Waals surface area contributed by atoms with E-state index < -0.39 is 11.5 Å². The van der Waals surface area contributed by atoms with Crippen molar-refractivity contribution in [2.45, 2.75) is 13.8 Å². The minimum Gasteiger partial charge on any atom is -0.504 e. The molecule has 0 atom stereocenters. The van der Waals surface area contributed by atoms with Crippen LogP contribution in [-0.2, 0) is 0 Å². The lowest BCUT2D eigenvalue weighted by Crippen LogP contribution is -2.03. The van der Waals surface area contributed by atoms with Gasteiger partial charge in [0, 0.05) is 5.56 Å². The van der Waals surface area contributed by atoms with Gasteiger partial charge in [0.05, 0.1) is 18.8 Å². The fourth-order valence-corrected chi connectivity index (χ4v) is 2.04. The molecule has 116 valence electrons. The SMILES string of the molecule is CCOc1ccc(C(=O)c2ccc(OCC)c(O)c2O)cc1. The minimum atomic E-state index is -0.482. The van der Waals surface area contributed by atoms with Crippen LogP contribution in [0.15, 0.2) is 36.4 Å². The maximum Gasteiger partial charge on any atom is 0.201 e. The van der Waals surface area contributed by atoms with Crippen LogP contribution >= 0.6 is 0 Å². The monoisotopic (exact) mass is 302 g/mol. The Morgan fingerprint density at radius 3 is 2.14 bits per heavy atom. The molecule has 2 N–H and O–H groups in total. The quantitative estimate of drug-likeness (QED) is 0.633. The molecule has 2 aromatic rings. The lowest BCUT2D eigenvalue weighted by Gasteiger charge is -2.10. The van der Waals surface area contributed by atoms with Gasteiger partial charge in [-0.15, -0.1) is 0 Å². The van der Waals surface area contributed by atoms with Crippen LogP contribution in [0.5, 0.6) is 23.0 Å². The molecule has 5 heteroatoms. The second-order valence-corrected chi connectivity index (χ2v) is 4.53. The molecule has 0 bridgehead atoms. The molecule has 5 nitrogen and oxygen atoms in total. The van der Waals surface area contributed by atoms with Crippen LogP contribution in [0.1, 0.15) is 29.8 Å². The van der Waals surface area contributed by atoms with E-state index in [2.05, 4.69) is 0 Å². The lowest BCUT2D eigenvalue weighted by atomic mass is 10.0. The van der Waals surface area contributed by atoms with Crippen LogP contribution < -0.4 is 9.47 Å². The van der Waals surface area contributed by atoms with Crippen molar-refractivity contribution in [3.05, 3.63) is 47.5 Å². The van der Waals surface area contributed by atoms with E-state index in [1.807, 2.05) is 6.92 Å². The molecule has 2 rings (SSSR count). The smallest absolute Gasteiger partial charge is 0.201 e. The van der Waals surface area contributed by atoms with Crippen LogP contribution in [0.25, 0.3) is 0 Å². The van der Waals surface area contributed by atoms with Crippen molar-refractivity contribution in [3.8, 4) is 23.0 Å². The number of benzene rings is 2. The summed E-state index contributed by atoms with van der Waals surface area (Å²) in [5.74, 6) is -0.497. The number of ether oxygens (including phenoxy) is 2. The molecule has 0 aliphatic heterocycles. The first kappa shape index (κ1) is 15.7. The van der Waals surface area contributed by atoms with E-state index in [-0.39, 0.29) is 17.1 Å². The molecule has 0 aliphatic rings. The molecule has 0 aromatic heterocycles. The molecular weight excluding hydrogens is 284 g/mol. The summed E-state index contributed by atoms with van der Waals surface area (Å²) in [5.41, 5.74) is 0.410. The number of hydrogen-bond donors (Lipinski definition) is 2. The normalized spacial score (nSPS) is 10.3. The second kappa shape index (κ2) is 6.85. The maximum absolute atomic E-state index is 12.4. The Labute approximate surface area is 128 Å². The number of aromatic hydroxyl groups is 2. The Kier molecular flexibility index (Phi) is 4.88. The molecule has 0 aliphatic carbocycles. The largest absolute Gasteiger partial charge is 0.504 e. The zero-order valence-electron chi connectivity index (χ0n) is 12.5. The molecule has 0 spiro atoms. The van der Waals surface area contributed by atoms with Gasteiger partial charge in [-0.3, -0.25) is 4.79 Å². The number of hydrogen-bond acceptors (Lipinski definition) is 5. The average molecular weight is 302 g/mol. The summed E-state index contributed by atoms with van der Waals surface area (Å²) < 4.78 is 10.5. The Bertz CT molecular complexity index is 661. The highest BCUT2D eigenvalue weighted by atomic mass is 16.5. The standard InChI is InChI=1S/C17H18O5/c1-3-21-12-7-5-11(6-8-12)15(18)13-9-10-14(22-4-2)17(20)16(13)19/h5-10,19-20H,3-4H2,1-2H3. The third kappa shape index (κ3) is 3.14. The highest BCUT2D eigenvalue weighted by Gasteiger charge is 2.19. The molecule has 0 unspecified atom stereocenters. The molecule has 0 amide bonds. The predicted molar refractivity (Wildman–Crippen MR) is 82.0 cm³/mol. The van der Waals surface area contributed by atoms with Crippen LogP contribution in [-0.4, -0.2) is 29.2 Å². The van der Waals surface area contributed by atoms with E-state index in [4.69, 9.17) is 9.47 Å². The highest BCUT2D eigenvalue weighted by Crippen LogP contribution is 2.38. The van der Waals surface area contributed by atoms with Crippen molar-refractivity contribution in [1.29, 1.82) is 0 Å². The maximum atomic E-state index is 12.4. The van der Waals surface area contributed by atoms with Gasteiger partial charge in [-0.25, -0.2) is 0 Å². The number of rotatable bonds is 6. The van der Waals surface area contributed by atoms with Crippen molar-refractivity contribution in [3.63, 3.8) is 0 Å². The summed E-state index contributed by atoms with van der Waals surface area (Å²) in [6, 6.07) is 9.48. The number of ketones is 1. The minimum absolute atomic E-state index is 0.0186. The van der Waals surface area contributed by atoms with Gasteiger partial charge in [0.15, 0.2) is 17.3 Å². The van der Waals surface area contributed by atoms with Crippen molar-refractivity contribution in [1.82, 2.24) is 0 Å². The van der Waals surface area contributed by atoms with Gasteiger partial charge in [0.2, 0.25) is 5.75 Å². The van der Waals surface area contributed by atoms with E-state index in [0.29, 0.717) is 24.5 Å². The van der Waals surface area contributed by atoms with Gasteiger partial charge in [-0.2, -0.15) is 0 Å². The van der Waals surface area contributed by atoms with Crippen molar-refractivity contribution in [2.75, 3.05) is 13.2 Å². The van der Waals surface area contributed by atoms with E-state index in [1.54, 1.807) is 31.2 Å². The van der Waals surface area contributed by atoms with Crippen LogP contribution in [0.3, 0.4) is 0 Å². The zero-order chi connectivity index (χ0) is 16.1. The number of phenols is 2. The van der Waals surface area contributed by atoms with E-state index in [1.165, 1.54) is 12.1 Å². The number of carbonyl (C=O) groups is 1. The first-order valence-electron chi connectivity index (χ1n) is 7.03. The molecule has 2 aromatic carbocycles. The van der Waals surface area contributed by atoms with Crippen molar-refractivity contribution < 1.29 is 24.5 Å². The van der Waals surface area contributed by atoms with Gasteiger partial charge in [-0.1, -0.05) is 0 Å². The van der Waals surface area contributed by atoms with Gasteiger partial charge in [0.1, 0.15) is 5.75 Å². The second-order valence-electron chi connectivity index (χ2n) is 4.53. The summed E-state index contributed by atoms with van der Waals surface area (Å²) in [7, 11) is 0. The highest BCUT2D eigenvalue weighted by molar-refractivity contribution is 6.11. The summed E-state index contributed by atoms with van der Waals surface area (Å²) in [6.45, 7) is 4.52. The molecule has 0 fully saturated rings. The third-order valence-corrected chi connectivity index (χ3v) is 3.09. The molecule has 0 radical (unpaired) electrons. The summed E-state index contributed by atoms with van der Waals surface area (Å²) >= 11 is 0. The van der Waals surface area contributed by atoms with Crippen LogP contribution in [0, 0.1) is 0 Å². The predicted octanol–water partition coefficient (Wildman–Crippen LogP) is 3.13. The number of phenolic OH excluding ortho intramolecular Hbond substituents is 2. The topological polar surface area (TPSA) is 76.0 Å². The summed E-state index contributed by atoms with van der Waals surface area (Å²) in [4.78, 5) is 12.4. The first-order chi connectivity index (χ1) is 10.6. The lowest BCUT2D eigenvalue weighted by molar-refractivity contribution is 0.103. The fourth-order valence-electron chi connectivity index (χ4n) is 2.04. The van der Waals surface area contributed by atoms with E-state index in [0.717, 1.165) is 0 Å². The summed E-state index contributed by atoms with van der Waals surface area (Å²) in [5, 5.41) is 19.9. The Hall–Kier alpha value is -2.69. The fraction of sp³-hybridized carbons (Fsp3) is 0.235. The first-order valence-corrected chi connectivity index (χ1v) is 7.03. The van der Waals surface area contributed by atoms with Crippen molar-refractivity contribution in [2.24, 2.45) is 0 Å². The van der Waals surface area contributed by atoms with Crippen LogP contribution in [0.2, 0.25) is 0 Å². The Balaban J connectivity index is 2.31. The van der Waals surface area contributed by atoms with E-state index >= 15 is 0 Å². The third-order valence-electron chi connectivity index (χ3n) is 3.09. The molecule has 22 heavy (non-hydrogen) atoms. The zero-order valence-corrected chi connectivity index (χ0v) is 12.5. The van der Waals surface area contributed by atoms with Gasteiger partial charge < -0.3 is 19.7 Å². The van der Waals surface area contributed by atoms with Gasteiger partial charge in [-0.05, 0) is 50.2 Å². The summed E-state index contributed by atoms with van der Waals surface area (Å²) in [6.07, 6.45) is 0. The van der Waals surface area contributed by atoms with Gasteiger partial charge in [0.25, 0.3) is 0 Å². The van der Waals surface area contributed by atoms with Gasteiger partial charge >= 0.3 is 0 Å². The average Bonchev–Trinajstić information content (AvgIpc) is 2.53. The molecule has 0 saturated carbocycles. The van der Waals surface area contributed by atoms with E-state index in [9.17, 15) is 15.0 Å².